The van der Waals surface area contributed by atoms with Gasteiger partial charge < -0.3 is 15.0 Å². The number of amides is 1. The molecule has 0 aliphatic carbocycles. The van der Waals surface area contributed by atoms with Gasteiger partial charge in [-0.3, -0.25) is 4.79 Å². The van der Waals surface area contributed by atoms with Gasteiger partial charge >= 0.3 is 0 Å². The molecule has 3 heterocycles. The van der Waals surface area contributed by atoms with Crippen LogP contribution in [0.4, 0.5) is 11.8 Å². The predicted octanol–water partition coefficient (Wildman–Crippen LogP) is 2.58. The molecule has 0 radical (unpaired) electrons. The number of pyridine rings is 1. The van der Waals surface area contributed by atoms with Crippen LogP contribution in [0.25, 0.3) is 0 Å². The second-order valence-corrected chi connectivity index (χ2v) is 6.66. The van der Waals surface area contributed by atoms with Crippen molar-refractivity contribution in [2.45, 2.75) is 32.6 Å². The van der Waals surface area contributed by atoms with Crippen molar-refractivity contribution in [2.75, 3.05) is 32.1 Å². The van der Waals surface area contributed by atoms with Gasteiger partial charge in [0, 0.05) is 43.2 Å². The summed E-state index contributed by atoms with van der Waals surface area (Å²) in [5, 5.41) is 3.19. The summed E-state index contributed by atoms with van der Waals surface area (Å²) in [6.07, 6.45) is 1.99. The van der Waals surface area contributed by atoms with Crippen molar-refractivity contribution in [3.05, 3.63) is 41.3 Å². The van der Waals surface area contributed by atoms with E-state index in [9.17, 15) is 4.79 Å². The highest BCUT2D eigenvalue weighted by Gasteiger charge is 2.25. The van der Waals surface area contributed by atoms with E-state index in [1.165, 1.54) is 0 Å². The molecule has 3 rings (SSSR count). The molecule has 0 spiro atoms. The molecule has 26 heavy (non-hydrogen) atoms. The number of carbonyl (C=O) groups excluding carboxylic acids is 1. The van der Waals surface area contributed by atoms with Gasteiger partial charge in [0.1, 0.15) is 12.4 Å². The summed E-state index contributed by atoms with van der Waals surface area (Å²) < 4.78 is 4.97. The molecule has 1 aliphatic heterocycles. The monoisotopic (exact) mass is 355 g/mol. The fourth-order valence-corrected chi connectivity index (χ4v) is 3.30. The maximum absolute atomic E-state index is 12.1. The van der Waals surface area contributed by atoms with Crippen molar-refractivity contribution in [3.8, 4) is 0 Å². The highest BCUT2D eigenvalue weighted by molar-refractivity contribution is 5.77. The number of rotatable bonds is 5. The number of hydrogen-bond acceptors (Lipinski definition) is 6. The van der Waals surface area contributed by atoms with Crippen molar-refractivity contribution >= 4 is 17.7 Å². The summed E-state index contributed by atoms with van der Waals surface area (Å²) in [5.41, 5.74) is 2.81. The number of ether oxygens (including phenoxy) is 1. The lowest BCUT2D eigenvalue weighted by Gasteiger charge is -2.32. The molecule has 1 amide bonds. The molecule has 1 fully saturated rings. The molecule has 1 saturated heterocycles. The van der Waals surface area contributed by atoms with Crippen LogP contribution in [0.3, 0.4) is 0 Å². The van der Waals surface area contributed by atoms with Gasteiger partial charge in [-0.1, -0.05) is 6.07 Å². The first-order valence-corrected chi connectivity index (χ1v) is 8.88. The Labute approximate surface area is 153 Å². The molecule has 0 unspecified atom stereocenters. The number of nitrogens with zero attached hydrogens (tertiary/aromatic N) is 4. The summed E-state index contributed by atoms with van der Waals surface area (Å²) in [6.45, 7) is 5.48. The zero-order valence-corrected chi connectivity index (χ0v) is 15.5. The third-order valence-electron chi connectivity index (χ3n) is 4.45. The first-order valence-electron chi connectivity index (χ1n) is 8.88. The van der Waals surface area contributed by atoms with E-state index >= 15 is 0 Å². The minimum atomic E-state index is 0.0371. The second-order valence-electron chi connectivity index (χ2n) is 6.66. The lowest BCUT2D eigenvalue weighted by Crippen LogP contribution is -2.41. The van der Waals surface area contributed by atoms with Gasteiger partial charge in [0.05, 0.1) is 0 Å². The molecular weight excluding hydrogens is 330 g/mol. The maximum atomic E-state index is 12.1. The summed E-state index contributed by atoms with van der Waals surface area (Å²) in [4.78, 5) is 27.5. The van der Waals surface area contributed by atoms with Crippen LogP contribution in [0.5, 0.6) is 0 Å². The molecule has 1 atom stereocenters. The third kappa shape index (κ3) is 4.54. The minimum Gasteiger partial charge on any atom is -0.375 e. The minimum absolute atomic E-state index is 0.0371. The van der Waals surface area contributed by atoms with E-state index < -0.39 is 0 Å². The highest BCUT2D eigenvalue weighted by Crippen LogP contribution is 2.27. The topological polar surface area (TPSA) is 80.2 Å². The molecule has 0 saturated carbocycles. The quantitative estimate of drug-likeness (QED) is 0.888. The van der Waals surface area contributed by atoms with E-state index in [0.717, 1.165) is 36.5 Å². The van der Waals surface area contributed by atoms with Gasteiger partial charge in [0.2, 0.25) is 11.9 Å². The zero-order chi connectivity index (χ0) is 18.5. The molecular formula is C19H25N5O2. The van der Waals surface area contributed by atoms with Crippen molar-refractivity contribution in [1.82, 2.24) is 19.9 Å². The summed E-state index contributed by atoms with van der Waals surface area (Å²) >= 11 is 0. The van der Waals surface area contributed by atoms with Gasteiger partial charge in [0.25, 0.3) is 0 Å². The molecule has 1 aliphatic rings. The average Bonchev–Trinajstić information content (AvgIpc) is 2.61. The van der Waals surface area contributed by atoms with E-state index in [-0.39, 0.29) is 18.4 Å². The van der Waals surface area contributed by atoms with E-state index in [4.69, 9.17) is 9.72 Å². The molecule has 0 bridgehead atoms. The lowest BCUT2D eigenvalue weighted by molar-refractivity contribution is -0.136. The predicted molar refractivity (Wildman–Crippen MR) is 99.5 cm³/mol. The van der Waals surface area contributed by atoms with Crippen molar-refractivity contribution in [3.63, 3.8) is 0 Å². The van der Waals surface area contributed by atoms with Crippen LogP contribution in [0.2, 0.25) is 0 Å². The van der Waals surface area contributed by atoms with Crippen LogP contribution in [-0.2, 0) is 9.53 Å². The number of piperidine rings is 1. The van der Waals surface area contributed by atoms with Gasteiger partial charge in [-0.05, 0) is 44.9 Å². The van der Waals surface area contributed by atoms with Crippen molar-refractivity contribution < 1.29 is 9.53 Å². The Morgan fingerprint density at radius 2 is 2.04 bits per heavy atom. The van der Waals surface area contributed by atoms with Gasteiger partial charge in [-0.2, -0.15) is 0 Å². The Balaban J connectivity index is 1.73. The van der Waals surface area contributed by atoms with Crippen LogP contribution in [0, 0.1) is 13.8 Å². The Kier molecular flexibility index (Phi) is 5.78. The number of aryl methyl sites for hydroxylation is 2. The SMILES string of the molecule is COCC(=O)N1CCC[C@H](c2cccc(Nc3nc(C)cc(C)n3)n2)C1. The largest absolute Gasteiger partial charge is 0.375 e. The number of hydrogen-bond donors (Lipinski definition) is 1. The number of carbonyl (C=O) groups is 1. The highest BCUT2D eigenvalue weighted by atomic mass is 16.5. The maximum Gasteiger partial charge on any atom is 0.248 e. The van der Waals surface area contributed by atoms with E-state index in [0.29, 0.717) is 18.3 Å². The summed E-state index contributed by atoms with van der Waals surface area (Å²) in [6, 6.07) is 7.83. The van der Waals surface area contributed by atoms with Gasteiger partial charge in [0.15, 0.2) is 0 Å². The molecule has 7 heteroatoms. The van der Waals surface area contributed by atoms with Gasteiger partial charge in [-0.15, -0.1) is 0 Å². The number of anilines is 2. The molecule has 7 nitrogen and oxygen atoms in total. The Bertz CT molecular complexity index is 760. The molecule has 2 aromatic rings. The molecule has 0 aromatic carbocycles. The average molecular weight is 355 g/mol. The van der Waals surface area contributed by atoms with Crippen molar-refractivity contribution in [2.24, 2.45) is 0 Å². The van der Waals surface area contributed by atoms with Crippen LogP contribution in [0.1, 0.15) is 35.8 Å². The molecule has 138 valence electrons. The smallest absolute Gasteiger partial charge is 0.248 e. The van der Waals surface area contributed by atoms with E-state index in [1.807, 2.05) is 43.0 Å². The van der Waals surface area contributed by atoms with Crippen LogP contribution < -0.4 is 5.32 Å². The number of nitrogens with one attached hydrogen (secondary N) is 1. The first kappa shape index (κ1) is 18.3. The fraction of sp³-hybridized carbons (Fsp3) is 0.474. The third-order valence-corrected chi connectivity index (χ3v) is 4.45. The van der Waals surface area contributed by atoms with Crippen molar-refractivity contribution in [1.29, 1.82) is 0 Å². The zero-order valence-electron chi connectivity index (χ0n) is 15.5. The Hall–Kier alpha value is -2.54. The van der Waals surface area contributed by atoms with E-state index in [2.05, 4.69) is 15.3 Å². The summed E-state index contributed by atoms with van der Waals surface area (Å²) in [5.74, 6) is 1.53. The molecule has 2 aromatic heterocycles. The summed E-state index contributed by atoms with van der Waals surface area (Å²) in [7, 11) is 1.55. The normalized spacial score (nSPS) is 17.2. The number of likely N-dealkylation sites (tertiary alicyclic amines) is 1. The Morgan fingerprint density at radius 1 is 1.27 bits per heavy atom. The second kappa shape index (κ2) is 8.23. The van der Waals surface area contributed by atoms with Gasteiger partial charge in [-0.25, -0.2) is 15.0 Å². The molecule has 1 N–H and O–H groups in total. The Morgan fingerprint density at radius 3 is 2.77 bits per heavy atom. The lowest BCUT2D eigenvalue weighted by atomic mass is 9.94. The van der Waals surface area contributed by atoms with Crippen LogP contribution >= 0.6 is 0 Å². The fourth-order valence-electron chi connectivity index (χ4n) is 3.30. The first-order chi connectivity index (χ1) is 12.5. The number of aromatic nitrogens is 3. The number of methoxy groups -OCH3 is 1. The standard InChI is InChI=1S/C19H25N5O2/c1-13-10-14(2)21-19(20-13)23-17-8-4-7-16(22-17)15-6-5-9-24(11-15)18(25)12-26-3/h4,7-8,10,15H,5-6,9,11-12H2,1-3H3,(H,20,21,22,23)/t15-/m0/s1. The van der Waals surface area contributed by atoms with E-state index in [1.54, 1.807) is 7.11 Å². The van der Waals surface area contributed by atoms with Crippen LogP contribution in [-0.4, -0.2) is 52.6 Å². The van der Waals surface area contributed by atoms with Crippen LogP contribution in [0.15, 0.2) is 24.3 Å².